The van der Waals surface area contributed by atoms with Gasteiger partial charge in [-0.3, -0.25) is 9.59 Å². The van der Waals surface area contributed by atoms with Crippen molar-refractivity contribution in [2.24, 2.45) is 0 Å². The van der Waals surface area contributed by atoms with Crippen molar-refractivity contribution in [3.63, 3.8) is 0 Å². The molecule has 0 amide bonds. The zero-order chi connectivity index (χ0) is 24.0. The Bertz CT molecular complexity index is 946. The van der Waals surface area contributed by atoms with Crippen LogP contribution in [0.15, 0.2) is 0 Å². The first-order chi connectivity index (χ1) is 15.1. The fraction of sp³-hybridized carbons (Fsp3) is 0.500. The van der Waals surface area contributed by atoms with Crippen LogP contribution >= 0.6 is 0 Å². The van der Waals surface area contributed by atoms with E-state index in [4.69, 9.17) is 9.47 Å². The fourth-order valence-electron chi connectivity index (χ4n) is 3.97. The molecule has 0 aliphatic rings. The van der Waals surface area contributed by atoms with Crippen LogP contribution in [0, 0.1) is 27.7 Å². The van der Waals surface area contributed by atoms with Crippen LogP contribution in [0.25, 0.3) is 0 Å². The van der Waals surface area contributed by atoms with E-state index in [-0.39, 0.29) is 37.6 Å². The summed E-state index contributed by atoms with van der Waals surface area (Å²) in [6, 6.07) is 0. The van der Waals surface area contributed by atoms with Crippen LogP contribution in [-0.4, -0.2) is 46.7 Å². The van der Waals surface area contributed by atoms with Crippen molar-refractivity contribution in [3.05, 3.63) is 45.0 Å². The SMILES string of the molecule is CCOC(=O)c1[nH]c(C)c(C(=O)CCCCC(=O)c2c(C)[nH]c(C(=O)OCC)c2C)c1C. The third-order valence-corrected chi connectivity index (χ3v) is 5.45. The van der Waals surface area contributed by atoms with E-state index >= 15 is 0 Å². The smallest absolute Gasteiger partial charge is 0.355 e. The summed E-state index contributed by atoms with van der Waals surface area (Å²) in [6.07, 6.45) is 1.62. The van der Waals surface area contributed by atoms with Gasteiger partial charge in [-0.1, -0.05) is 0 Å². The first kappa shape index (κ1) is 25.1. The molecule has 8 nitrogen and oxygen atoms in total. The van der Waals surface area contributed by atoms with Crippen molar-refractivity contribution >= 4 is 23.5 Å². The summed E-state index contributed by atoms with van der Waals surface area (Å²) in [6.45, 7) is 10.9. The Labute approximate surface area is 188 Å². The molecule has 174 valence electrons. The predicted octanol–water partition coefficient (Wildman–Crippen LogP) is 4.56. The molecule has 0 atom stereocenters. The molecule has 0 fully saturated rings. The summed E-state index contributed by atoms with van der Waals surface area (Å²) >= 11 is 0. The number of hydrogen-bond acceptors (Lipinski definition) is 6. The van der Waals surface area contributed by atoms with Crippen molar-refractivity contribution in [2.75, 3.05) is 13.2 Å². The van der Waals surface area contributed by atoms with Crippen LogP contribution in [0.4, 0.5) is 0 Å². The van der Waals surface area contributed by atoms with Crippen LogP contribution < -0.4 is 0 Å². The van der Waals surface area contributed by atoms with E-state index in [9.17, 15) is 19.2 Å². The normalized spacial score (nSPS) is 10.8. The summed E-state index contributed by atoms with van der Waals surface area (Å²) in [5.41, 5.74) is 4.08. The van der Waals surface area contributed by atoms with Gasteiger partial charge in [0, 0.05) is 35.4 Å². The molecule has 2 heterocycles. The largest absolute Gasteiger partial charge is 0.461 e. The summed E-state index contributed by atoms with van der Waals surface area (Å²) in [7, 11) is 0. The average Bonchev–Trinajstić information content (AvgIpc) is 3.20. The number of ketones is 2. The van der Waals surface area contributed by atoms with Gasteiger partial charge in [-0.05, 0) is 65.5 Å². The van der Waals surface area contributed by atoms with Gasteiger partial charge in [-0.25, -0.2) is 9.59 Å². The lowest BCUT2D eigenvalue weighted by Crippen LogP contribution is -2.08. The summed E-state index contributed by atoms with van der Waals surface area (Å²) in [5.74, 6) is -1.09. The predicted molar refractivity (Wildman–Crippen MR) is 120 cm³/mol. The van der Waals surface area contributed by atoms with Crippen LogP contribution in [0.1, 0.15) is 104 Å². The minimum Gasteiger partial charge on any atom is -0.461 e. The van der Waals surface area contributed by atoms with E-state index in [2.05, 4.69) is 9.97 Å². The third kappa shape index (κ3) is 5.36. The Morgan fingerprint density at radius 2 is 1.00 bits per heavy atom. The molecule has 0 aromatic carbocycles. The Kier molecular flexibility index (Phi) is 8.57. The second-order valence-electron chi connectivity index (χ2n) is 7.74. The van der Waals surface area contributed by atoms with E-state index in [1.807, 2.05) is 0 Å². The van der Waals surface area contributed by atoms with E-state index in [0.29, 0.717) is 57.9 Å². The molecule has 2 N–H and O–H groups in total. The number of rotatable bonds is 11. The van der Waals surface area contributed by atoms with Crippen molar-refractivity contribution in [1.29, 1.82) is 0 Å². The van der Waals surface area contributed by atoms with Gasteiger partial charge in [0.1, 0.15) is 11.4 Å². The lowest BCUT2D eigenvalue weighted by molar-refractivity contribution is 0.0509. The molecule has 0 spiro atoms. The summed E-state index contributed by atoms with van der Waals surface area (Å²) in [4.78, 5) is 55.4. The Hall–Kier alpha value is -3.16. The molecule has 8 heteroatoms. The zero-order valence-corrected chi connectivity index (χ0v) is 19.7. The number of H-pyrrole nitrogens is 2. The number of aromatic amines is 2. The minimum atomic E-state index is -0.475. The van der Waals surface area contributed by atoms with Crippen molar-refractivity contribution in [2.45, 2.75) is 67.2 Å². The maximum Gasteiger partial charge on any atom is 0.355 e. The van der Waals surface area contributed by atoms with E-state index in [1.54, 1.807) is 41.5 Å². The highest BCUT2D eigenvalue weighted by atomic mass is 16.5. The van der Waals surface area contributed by atoms with E-state index < -0.39 is 11.9 Å². The molecule has 0 unspecified atom stereocenters. The van der Waals surface area contributed by atoms with Crippen molar-refractivity contribution in [3.8, 4) is 0 Å². The molecule has 0 bridgehead atoms. The van der Waals surface area contributed by atoms with Gasteiger partial charge >= 0.3 is 11.9 Å². The quantitative estimate of drug-likeness (QED) is 0.298. The first-order valence-corrected chi connectivity index (χ1v) is 10.9. The number of aryl methyl sites for hydroxylation is 2. The van der Waals surface area contributed by atoms with Gasteiger partial charge in [-0.2, -0.15) is 0 Å². The maximum atomic E-state index is 12.7. The zero-order valence-electron chi connectivity index (χ0n) is 19.7. The lowest BCUT2D eigenvalue weighted by Gasteiger charge is -2.05. The Balaban J connectivity index is 1.97. The first-order valence-electron chi connectivity index (χ1n) is 10.9. The Morgan fingerprint density at radius 1 is 0.656 bits per heavy atom. The number of hydrogen-bond donors (Lipinski definition) is 2. The topological polar surface area (TPSA) is 118 Å². The van der Waals surface area contributed by atoms with Gasteiger partial charge in [0.15, 0.2) is 11.6 Å². The van der Waals surface area contributed by atoms with Gasteiger partial charge in [0.2, 0.25) is 0 Å². The summed E-state index contributed by atoms with van der Waals surface area (Å²) < 4.78 is 10.0. The van der Waals surface area contributed by atoms with Crippen LogP contribution in [0.3, 0.4) is 0 Å². The number of ether oxygens (including phenoxy) is 2. The fourth-order valence-corrected chi connectivity index (χ4v) is 3.97. The number of Topliss-reactive ketones (excluding diaryl/α,β-unsaturated/α-hetero) is 2. The number of nitrogens with one attached hydrogen (secondary N) is 2. The van der Waals surface area contributed by atoms with Gasteiger partial charge in [0.05, 0.1) is 13.2 Å². The van der Waals surface area contributed by atoms with Crippen LogP contribution in [0.2, 0.25) is 0 Å². The molecule has 2 aromatic rings. The minimum absolute atomic E-state index is 0.0714. The highest BCUT2D eigenvalue weighted by Gasteiger charge is 2.24. The molecule has 2 aromatic heterocycles. The summed E-state index contributed by atoms with van der Waals surface area (Å²) in [5, 5.41) is 0. The molecule has 0 radical (unpaired) electrons. The number of esters is 2. The molecule has 0 aliphatic carbocycles. The lowest BCUT2D eigenvalue weighted by atomic mass is 9.98. The molecular weight excluding hydrogens is 412 g/mol. The number of unbranched alkanes of at least 4 members (excludes halogenated alkanes) is 1. The average molecular weight is 445 g/mol. The number of carbonyl (C=O) groups excluding carboxylic acids is 4. The molecule has 0 aliphatic heterocycles. The third-order valence-electron chi connectivity index (χ3n) is 5.45. The van der Waals surface area contributed by atoms with Gasteiger partial charge < -0.3 is 19.4 Å². The number of carbonyl (C=O) groups is 4. The van der Waals surface area contributed by atoms with Crippen molar-refractivity contribution in [1.82, 2.24) is 9.97 Å². The second-order valence-corrected chi connectivity index (χ2v) is 7.74. The molecule has 32 heavy (non-hydrogen) atoms. The standard InChI is InChI=1S/C24H32N2O6/c1-7-31-23(29)21-13(3)19(15(5)25-21)17(27)11-9-10-12-18(28)20-14(4)22(26-16(20)6)24(30)32-8-2/h25-26H,7-12H2,1-6H3. The molecule has 0 saturated carbocycles. The van der Waals surface area contributed by atoms with Crippen LogP contribution in [-0.2, 0) is 9.47 Å². The highest BCUT2D eigenvalue weighted by molar-refractivity contribution is 6.03. The number of aromatic nitrogens is 2. The van der Waals surface area contributed by atoms with Crippen LogP contribution in [0.5, 0.6) is 0 Å². The molecular formula is C24H32N2O6. The highest BCUT2D eigenvalue weighted by Crippen LogP contribution is 2.23. The van der Waals surface area contributed by atoms with E-state index in [1.165, 1.54) is 0 Å². The van der Waals surface area contributed by atoms with Gasteiger partial charge in [0.25, 0.3) is 0 Å². The molecule has 2 rings (SSSR count). The molecule has 0 saturated heterocycles. The van der Waals surface area contributed by atoms with Crippen molar-refractivity contribution < 1.29 is 28.7 Å². The monoisotopic (exact) mass is 444 g/mol. The van der Waals surface area contributed by atoms with E-state index in [0.717, 1.165) is 0 Å². The van der Waals surface area contributed by atoms with Gasteiger partial charge in [-0.15, -0.1) is 0 Å². The Morgan fingerprint density at radius 3 is 1.31 bits per heavy atom. The second kappa shape index (κ2) is 10.9. The maximum absolute atomic E-state index is 12.7.